The maximum absolute atomic E-state index is 15.1. The summed E-state index contributed by atoms with van der Waals surface area (Å²) in [6, 6.07) is 17.8. The van der Waals surface area contributed by atoms with Crippen molar-refractivity contribution < 1.29 is 23.1 Å². The van der Waals surface area contributed by atoms with Crippen LogP contribution in [0.1, 0.15) is 22.5 Å². The van der Waals surface area contributed by atoms with Crippen LogP contribution in [-0.4, -0.2) is 101 Å². The molecular weight excluding hydrogens is 591 g/mol. The van der Waals surface area contributed by atoms with Crippen LogP contribution >= 0.6 is 0 Å². The average Bonchev–Trinajstić information content (AvgIpc) is 3.61. The van der Waals surface area contributed by atoms with Gasteiger partial charge in [0.2, 0.25) is 5.76 Å². The third-order valence-corrected chi connectivity index (χ3v) is 8.66. The van der Waals surface area contributed by atoms with Crippen molar-refractivity contribution in [1.82, 2.24) is 24.8 Å². The van der Waals surface area contributed by atoms with Crippen LogP contribution < -0.4 is 15.0 Å². The molecule has 12 nitrogen and oxygen atoms in total. The van der Waals surface area contributed by atoms with Crippen LogP contribution in [0.25, 0.3) is 11.4 Å². The van der Waals surface area contributed by atoms with E-state index in [1.54, 1.807) is 30.5 Å². The zero-order valence-corrected chi connectivity index (χ0v) is 25.1. The van der Waals surface area contributed by atoms with Gasteiger partial charge in [-0.3, -0.25) is 9.69 Å². The van der Waals surface area contributed by atoms with Gasteiger partial charge in [-0.05, 0) is 48.5 Å². The van der Waals surface area contributed by atoms with Gasteiger partial charge in [-0.25, -0.2) is 19.3 Å². The predicted molar refractivity (Wildman–Crippen MR) is 167 cm³/mol. The van der Waals surface area contributed by atoms with Crippen LogP contribution in [0.2, 0.25) is 0 Å². The second-order valence-corrected chi connectivity index (χ2v) is 11.6. The highest BCUT2D eigenvalue weighted by Crippen LogP contribution is 2.29. The zero-order valence-electron chi connectivity index (χ0n) is 25.1. The number of ether oxygens (including phenoxy) is 2. The fourth-order valence-electron chi connectivity index (χ4n) is 5.95. The number of aromatic nitrogens is 3. The molecule has 4 aromatic rings. The fraction of sp³-hybridized carbons (Fsp3) is 0.364. The summed E-state index contributed by atoms with van der Waals surface area (Å²) in [6.07, 6.45) is 2.14. The van der Waals surface area contributed by atoms with E-state index in [2.05, 4.69) is 48.3 Å². The molecule has 236 valence electrons. The first kappa shape index (κ1) is 29.6. The van der Waals surface area contributed by atoms with Gasteiger partial charge in [0.25, 0.3) is 5.91 Å². The minimum Gasteiger partial charge on any atom is -0.486 e. The molecule has 0 unspecified atom stereocenters. The summed E-state index contributed by atoms with van der Waals surface area (Å²) >= 11 is 0. The Kier molecular flexibility index (Phi) is 8.45. The van der Waals surface area contributed by atoms with E-state index < -0.39 is 18.2 Å². The highest BCUT2D eigenvalue weighted by molar-refractivity contribution is 5.91. The molecular formula is C33H33FN8O4. The van der Waals surface area contributed by atoms with E-state index in [9.17, 15) is 10.1 Å². The van der Waals surface area contributed by atoms with Gasteiger partial charge in [-0.15, -0.1) is 0 Å². The van der Waals surface area contributed by atoms with Crippen molar-refractivity contribution >= 4 is 23.1 Å². The number of hydrogen-bond donors (Lipinski definition) is 1. The Balaban J connectivity index is 0.968. The summed E-state index contributed by atoms with van der Waals surface area (Å²) in [7, 11) is 0. The molecule has 13 heteroatoms. The van der Waals surface area contributed by atoms with E-state index in [1.807, 2.05) is 12.1 Å². The van der Waals surface area contributed by atoms with Gasteiger partial charge in [0.1, 0.15) is 23.7 Å². The Morgan fingerprint density at radius 1 is 1.07 bits per heavy atom. The normalized spacial score (nSPS) is 20.5. The molecule has 0 spiro atoms. The summed E-state index contributed by atoms with van der Waals surface area (Å²) in [5.74, 6) is 0.955. The Morgan fingerprint density at radius 3 is 2.59 bits per heavy atom. The quantitative estimate of drug-likeness (QED) is 0.306. The molecule has 2 aromatic heterocycles. The summed E-state index contributed by atoms with van der Waals surface area (Å²) in [6.45, 7) is 5.91. The number of anilines is 3. The number of piperidine rings is 1. The topological polar surface area (TPSA) is 133 Å². The van der Waals surface area contributed by atoms with Crippen molar-refractivity contribution in [1.29, 1.82) is 5.26 Å². The molecule has 3 saturated heterocycles. The van der Waals surface area contributed by atoms with E-state index in [1.165, 1.54) is 16.8 Å². The fourth-order valence-corrected chi connectivity index (χ4v) is 5.95. The average molecular weight is 625 g/mol. The summed E-state index contributed by atoms with van der Waals surface area (Å²) in [5.41, 5.74) is 2.95. The highest BCUT2D eigenvalue weighted by Gasteiger charge is 2.35. The van der Waals surface area contributed by atoms with Gasteiger partial charge in [-0.2, -0.15) is 5.26 Å². The summed E-state index contributed by atoms with van der Waals surface area (Å²) in [4.78, 5) is 31.6. The number of rotatable bonds is 8. The third kappa shape index (κ3) is 6.35. The molecule has 2 atom stereocenters. The number of hydrogen-bond acceptors (Lipinski definition) is 11. The van der Waals surface area contributed by atoms with Crippen molar-refractivity contribution in [2.75, 3.05) is 62.7 Å². The number of halogens is 1. The third-order valence-electron chi connectivity index (χ3n) is 8.66. The first-order chi connectivity index (χ1) is 22.5. The number of carbonyl (C=O) groups is 1. The molecule has 3 fully saturated rings. The monoisotopic (exact) mass is 624 g/mol. The number of alkyl halides is 1. The maximum Gasteiger partial charge on any atom is 0.291 e. The molecule has 46 heavy (non-hydrogen) atoms. The molecule has 3 aliphatic rings. The summed E-state index contributed by atoms with van der Waals surface area (Å²) in [5, 5.41) is 13.2. The van der Waals surface area contributed by atoms with E-state index in [0.717, 1.165) is 51.5 Å². The summed E-state index contributed by atoms with van der Waals surface area (Å²) < 4.78 is 31.4. The molecule has 0 aliphatic carbocycles. The molecule has 0 saturated carbocycles. The van der Waals surface area contributed by atoms with E-state index in [-0.39, 0.29) is 36.6 Å². The number of carbonyl (C=O) groups excluding carboxylic acids is 1. The first-order valence-corrected chi connectivity index (χ1v) is 15.3. The molecule has 0 bridgehead atoms. The van der Waals surface area contributed by atoms with Crippen molar-refractivity contribution in [3.63, 3.8) is 0 Å². The lowest BCUT2D eigenvalue weighted by Crippen LogP contribution is -2.56. The first-order valence-electron chi connectivity index (χ1n) is 15.3. The number of oxazole rings is 1. The number of nitrogens with zero attached hydrogens (tertiary/aromatic N) is 7. The zero-order chi connectivity index (χ0) is 31.5. The van der Waals surface area contributed by atoms with Crippen LogP contribution in [0.15, 0.2) is 71.7 Å². The minimum absolute atomic E-state index is 0.0634. The number of amides is 1. The van der Waals surface area contributed by atoms with Gasteiger partial charge in [-0.1, -0.05) is 0 Å². The lowest BCUT2D eigenvalue weighted by molar-refractivity contribution is -0.0660. The molecule has 5 heterocycles. The van der Waals surface area contributed by atoms with E-state index in [0.29, 0.717) is 23.2 Å². The number of likely N-dealkylation sites (tertiary alicyclic amines) is 1. The molecule has 3 aliphatic heterocycles. The Morgan fingerprint density at radius 2 is 1.89 bits per heavy atom. The van der Waals surface area contributed by atoms with Gasteiger partial charge in [0, 0.05) is 62.3 Å². The number of nitriles is 1. The Hall–Kier alpha value is -5.06. The van der Waals surface area contributed by atoms with Gasteiger partial charge in [0.15, 0.2) is 18.4 Å². The van der Waals surface area contributed by atoms with Crippen molar-refractivity contribution in [3.8, 4) is 23.2 Å². The van der Waals surface area contributed by atoms with Crippen LogP contribution in [0, 0.1) is 11.3 Å². The minimum atomic E-state index is -1.44. The van der Waals surface area contributed by atoms with Crippen LogP contribution in [0.5, 0.6) is 5.75 Å². The SMILES string of the molecule is N#Cc1cc(-c2nccc(Nc3ccc(N4CCN(C5COC5)CC4)cc3)n2)ccc1O[C@H]1CCN(C(=O)c2cnco2)C[C@H]1F. The molecule has 1 amide bonds. The van der Waals surface area contributed by atoms with Crippen molar-refractivity contribution in [3.05, 3.63) is 78.6 Å². The van der Waals surface area contributed by atoms with Gasteiger partial charge in [0.05, 0.1) is 37.6 Å². The number of piperazine rings is 1. The predicted octanol–water partition coefficient (Wildman–Crippen LogP) is 3.90. The number of nitrogens with one attached hydrogen (secondary N) is 1. The largest absolute Gasteiger partial charge is 0.486 e. The number of benzene rings is 2. The second kappa shape index (κ2) is 13.1. The van der Waals surface area contributed by atoms with E-state index in [4.69, 9.17) is 13.9 Å². The van der Waals surface area contributed by atoms with Gasteiger partial charge >= 0.3 is 0 Å². The molecule has 0 radical (unpaired) electrons. The lowest BCUT2D eigenvalue weighted by Gasteiger charge is -2.43. The smallest absolute Gasteiger partial charge is 0.291 e. The molecule has 1 N–H and O–H groups in total. The van der Waals surface area contributed by atoms with Crippen LogP contribution in [0.4, 0.5) is 21.6 Å². The van der Waals surface area contributed by atoms with Crippen LogP contribution in [-0.2, 0) is 4.74 Å². The molecule has 2 aromatic carbocycles. The Bertz CT molecular complexity index is 1700. The van der Waals surface area contributed by atoms with E-state index >= 15 is 4.39 Å². The van der Waals surface area contributed by atoms with Crippen LogP contribution in [0.3, 0.4) is 0 Å². The highest BCUT2D eigenvalue weighted by atomic mass is 19.1. The molecule has 7 rings (SSSR count). The Labute approximate surface area is 265 Å². The van der Waals surface area contributed by atoms with Crippen molar-refractivity contribution in [2.24, 2.45) is 0 Å². The lowest BCUT2D eigenvalue weighted by atomic mass is 10.0. The van der Waals surface area contributed by atoms with Gasteiger partial charge < -0.3 is 29.0 Å². The van der Waals surface area contributed by atoms with Crippen molar-refractivity contribution in [2.45, 2.75) is 24.7 Å². The standard InChI is InChI=1S/C33H33FN8O4/c34-27-18-42(33(43)30-17-36-21-45-30)10-8-29(27)46-28-6-1-22(15-23(28)16-35)32-37-9-7-31(39-32)38-24-2-4-25(5-3-24)40-11-13-41(14-12-40)26-19-44-20-26/h1-7,9,15,17,21,26-27,29H,8,10-14,18-20H2,(H,37,38,39)/t27-,29+/m1/s1. The maximum atomic E-state index is 15.1. The second-order valence-electron chi connectivity index (χ2n) is 11.6.